The molecule has 2 aliphatic heterocycles. The molecular weight excluding hydrogens is 364 g/mol. The van der Waals surface area contributed by atoms with Crippen LogP contribution in [-0.4, -0.2) is 45.0 Å². The number of amidine groups is 1. The van der Waals surface area contributed by atoms with Crippen LogP contribution in [0.1, 0.15) is 32.3 Å². The number of fused-ring (bicyclic) bond motifs is 1. The van der Waals surface area contributed by atoms with Crippen molar-refractivity contribution in [1.29, 1.82) is 0 Å². The van der Waals surface area contributed by atoms with Crippen molar-refractivity contribution in [1.82, 2.24) is 14.9 Å². The van der Waals surface area contributed by atoms with E-state index >= 15 is 0 Å². The van der Waals surface area contributed by atoms with Crippen LogP contribution in [0, 0.1) is 0 Å². The zero-order valence-corrected chi connectivity index (χ0v) is 16.9. The Hall–Kier alpha value is -3.06. The van der Waals surface area contributed by atoms with Crippen LogP contribution in [0.2, 0.25) is 0 Å². The molecule has 7 heteroatoms. The van der Waals surface area contributed by atoms with Crippen LogP contribution in [0.4, 0.5) is 0 Å². The average Bonchev–Trinajstić information content (AvgIpc) is 3.13. The van der Waals surface area contributed by atoms with Gasteiger partial charge in [0.05, 0.1) is 18.2 Å². The highest BCUT2D eigenvalue weighted by molar-refractivity contribution is 5.99. The van der Waals surface area contributed by atoms with Crippen molar-refractivity contribution in [2.24, 2.45) is 15.3 Å². The van der Waals surface area contributed by atoms with Gasteiger partial charge in [-0.3, -0.25) is 4.98 Å². The molecule has 0 radical (unpaired) electrons. The molecule has 1 fully saturated rings. The third-order valence-electron chi connectivity index (χ3n) is 5.30. The van der Waals surface area contributed by atoms with Gasteiger partial charge in [-0.1, -0.05) is 23.4 Å². The molecule has 1 N–H and O–H groups in total. The molecule has 4 rings (SSSR count). The summed E-state index contributed by atoms with van der Waals surface area (Å²) in [7, 11) is 0. The Bertz CT molecular complexity index is 1010. The maximum Gasteiger partial charge on any atom is 0.201 e. The second-order valence-electron chi connectivity index (χ2n) is 7.42. The van der Waals surface area contributed by atoms with Gasteiger partial charge in [0.25, 0.3) is 0 Å². The molecule has 1 aromatic carbocycles. The van der Waals surface area contributed by atoms with E-state index in [9.17, 15) is 5.11 Å². The quantitative estimate of drug-likeness (QED) is 0.855. The average molecular weight is 390 g/mol. The summed E-state index contributed by atoms with van der Waals surface area (Å²) in [5.41, 5.74) is 4.04. The second kappa shape index (κ2) is 8.53. The maximum atomic E-state index is 9.87. The van der Waals surface area contributed by atoms with E-state index in [1.807, 2.05) is 43.3 Å². The standard InChI is InChI=1S/C22H26N6O/c1-3-21-22(24-13-16(2)27-11-5-7-19(29)15-27)25-26-28(21)14-17-8-9-20-18(12-17)6-4-10-23-20/h3-4,6,8-10,12-13,19,29H,5,7,11,14-15H2,1-2H3/b16-13+,21-3?,24-22+/t19-/m0/s1. The van der Waals surface area contributed by atoms with E-state index in [0.29, 0.717) is 18.9 Å². The molecule has 7 nitrogen and oxygen atoms in total. The van der Waals surface area contributed by atoms with E-state index in [2.05, 4.69) is 43.4 Å². The van der Waals surface area contributed by atoms with E-state index < -0.39 is 0 Å². The molecule has 1 aromatic heterocycles. The number of nitrogens with zero attached hydrogens (tertiary/aromatic N) is 6. The number of pyridine rings is 1. The molecule has 0 bridgehead atoms. The van der Waals surface area contributed by atoms with Crippen LogP contribution in [-0.2, 0) is 6.54 Å². The van der Waals surface area contributed by atoms with E-state index in [1.54, 1.807) is 6.20 Å². The summed E-state index contributed by atoms with van der Waals surface area (Å²) in [6.07, 6.45) is 7.21. The Morgan fingerprint density at radius 2 is 2.24 bits per heavy atom. The van der Waals surface area contributed by atoms with Gasteiger partial charge in [-0.05, 0) is 50.5 Å². The SMILES string of the molecule is CC=C1/C(=N\C=C(/C)N2CCC[C@H](O)C2)N=NN1Cc1ccc2ncccc2c1. The lowest BCUT2D eigenvalue weighted by molar-refractivity contribution is 0.0879. The molecular formula is C22H26N6O. The molecule has 0 spiro atoms. The highest BCUT2D eigenvalue weighted by Gasteiger charge is 2.22. The van der Waals surface area contributed by atoms with Crippen LogP contribution in [0.15, 0.2) is 75.5 Å². The summed E-state index contributed by atoms with van der Waals surface area (Å²) in [6.45, 7) is 6.22. The topological polar surface area (TPSA) is 76.7 Å². The molecule has 1 atom stereocenters. The van der Waals surface area contributed by atoms with Crippen molar-refractivity contribution in [3.05, 3.63) is 65.8 Å². The smallest absolute Gasteiger partial charge is 0.201 e. The van der Waals surface area contributed by atoms with E-state index in [1.165, 1.54) is 0 Å². The molecule has 2 aromatic rings. The Labute approximate surface area is 170 Å². The second-order valence-corrected chi connectivity index (χ2v) is 7.42. The minimum Gasteiger partial charge on any atom is -0.391 e. The van der Waals surface area contributed by atoms with Crippen LogP contribution in [0.5, 0.6) is 0 Å². The van der Waals surface area contributed by atoms with Gasteiger partial charge in [0.2, 0.25) is 5.84 Å². The van der Waals surface area contributed by atoms with Crippen LogP contribution in [0.3, 0.4) is 0 Å². The van der Waals surface area contributed by atoms with Gasteiger partial charge >= 0.3 is 0 Å². The number of hydrogen-bond acceptors (Lipinski definition) is 6. The molecule has 0 unspecified atom stereocenters. The zero-order valence-electron chi connectivity index (χ0n) is 16.9. The molecule has 29 heavy (non-hydrogen) atoms. The number of aromatic nitrogens is 1. The third-order valence-corrected chi connectivity index (χ3v) is 5.30. The van der Waals surface area contributed by atoms with E-state index in [4.69, 9.17) is 0 Å². The lowest BCUT2D eigenvalue weighted by Gasteiger charge is -2.32. The molecule has 0 saturated carbocycles. The van der Waals surface area contributed by atoms with Gasteiger partial charge in [-0.2, -0.15) is 0 Å². The Balaban J connectivity index is 1.48. The van der Waals surface area contributed by atoms with E-state index in [-0.39, 0.29) is 6.10 Å². The fraction of sp³-hybridized carbons (Fsp3) is 0.364. The number of rotatable bonds is 4. The van der Waals surface area contributed by atoms with Crippen molar-refractivity contribution >= 4 is 16.7 Å². The lowest BCUT2D eigenvalue weighted by Crippen LogP contribution is -2.36. The number of aliphatic hydroxyl groups excluding tert-OH is 1. The van der Waals surface area contributed by atoms with Crippen molar-refractivity contribution in [2.45, 2.75) is 39.3 Å². The minimum atomic E-state index is -0.260. The Morgan fingerprint density at radius 3 is 3.07 bits per heavy atom. The summed E-state index contributed by atoms with van der Waals surface area (Å²) in [5, 5.41) is 21.4. The number of allylic oxidation sites excluding steroid dienone is 2. The highest BCUT2D eigenvalue weighted by atomic mass is 16.3. The van der Waals surface area contributed by atoms with Crippen molar-refractivity contribution in [2.75, 3.05) is 13.1 Å². The number of aliphatic imine (C=N–C) groups is 1. The van der Waals surface area contributed by atoms with Gasteiger partial charge < -0.3 is 10.0 Å². The summed E-state index contributed by atoms with van der Waals surface area (Å²) in [4.78, 5) is 11.1. The predicted octanol–water partition coefficient (Wildman–Crippen LogP) is 4.04. The molecule has 150 valence electrons. The first kappa shape index (κ1) is 19.3. The fourth-order valence-electron chi connectivity index (χ4n) is 3.71. The van der Waals surface area contributed by atoms with Crippen LogP contribution < -0.4 is 0 Å². The summed E-state index contributed by atoms with van der Waals surface area (Å²) in [5.74, 6) is 0.604. The van der Waals surface area contributed by atoms with Gasteiger partial charge in [-0.15, -0.1) is 5.11 Å². The summed E-state index contributed by atoms with van der Waals surface area (Å²) < 4.78 is 0. The fourth-order valence-corrected chi connectivity index (χ4v) is 3.71. The largest absolute Gasteiger partial charge is 0.391 e. The molecule has 1 saturated heterocycles. The van der Waals surface area contributed by atoms with E-state index in [0.717, 1.165) is 47.2 Å². The lowest BCUT2D eigenvalue weighted by atomic mass is 10.1. The Morgan fingerprint density at radius 1 is 1.34 bits per heavy atom. The number of piperidine rings is 1. The van der Waals surface area contributed by atoms with Crippen molar-refractivity contribution in [3.8, 4) is 0 Å². The number of benzene rings is 1. The zero-order chi connectivity index (χ0) is 20.2. The predicted molar refractivity (Wildman–Crippen MR) is 114 cm³/mol. The number of hydrogen-bond donors (Lipinski definition) is 1. The summed E-state index contributed by atoms with van der Waals surface area (Å²) >= 11 is 0. The molecule has 0 aliphatic carbocycles. The van der Waals surface area contributed by atoms with Crippen molar-refractivity contribution < 1.29 is 5.11 Å². The molecule has 3 heterocycles. The Kier molecular flexibility index (Phi) is 5.67. The number of likely N-dealkylation sites (tertiary alicyclic amines) is 1. The maximum absolute atomic E-state index is 9.87. The highest BCUT2D eigenvalue weighted by Crippen LogP contribution is 2.23. The van der Waals surface area contributed by atoms with Crippen LogP contribution in [0.25, 0.3) is 10.9 Å². The first-order valence-corrected chi connectivity index (χ1v) is 10.0. The van der Waals surface area contributed by atoms with Crippen LogP contribution >= 0.6 is 0 Å². The molecule has 2 aliphatic rings. The van der Waals surface area contributed by atoms with Crippen molar-refractivity contribution in [3.63, 3.8) is 0 Å². The number of β-amino-alcohol motifs (C(OH)–C–C–N with tert-alkyl or cyclic N) is 1. The summed E-state index contributed by atoms with van der Waals surface area (Å²) in [6, 6.07) is 10.2. The normalized spacial score (nSPS) is 23.0. The van der Waals surface area contributed by atoms with Gasteiger partial charge in [-0.25, -0.2) is 10.0 Å². The minimum absolute atomic E-state index is 0.260. The first-order chi connectivity index (χ1) is 14.1. The van der Waals surface area contributed by atoms with Gasteiger partial charge in [0.1, 0.15) is 5.70 Å². The third kappa shape index (κ3) is 4.35. The molecule has 0 amide bonds. The monoisotopic (exact) mass is 390 g/mol. The number of aliphatic hydroxyl groups is 1. The van der Waals surface area contributed by atoms with Gasteiger partial charge in [0.15, 0.2) is 0 Å². The first-order valence-electron chi connectivity index (χ1n) is 10.0. The van der Waals surface area contributed by atoms with Gasteiger partial charge in [0, 0.05) is 36.6 Å².